The Morgan fingerprint density at radius 3 is 1.80 bits per heavy atom. The highest BCUT2D eigenvalue weighted by Crippen LogP contribution is 2.36. The predicted octanol–water partition coefficient (Wildman–Crippen LogP) is 2.59. The van der Waals surface area contributed by atoms with Crippen molar-refractivity contribution in [2.45, 2.75) is 46.5 Å². The molecular weight excluding hydrogens is 124 g/mol. The summed E-state index contributed by atoms with van der Waals surface area (Å²) in [6.07, 6.45) is 5.08. The van der Waals surface area contributed by atoms with Crippen LogP contribution < -0.4 is 0 Å². The van der Waals surface area contributed by atoms with Crippen molar-refractivity contribution in [1.29, 1.82) is 0 Å². The molecule has 0 aromatic carbocycles. The van der Waals surface area contributed by atoms with E-state index in [-0.39, 0.29) is 0 Å². The van der Waals surface area contributed by atoms with Gasteiger partial charge in [0.2, 0.25) is 0 Å². The number of hydrogen-bond acceptors (Lipinski definition) is 1. The maximum absolute atomic E-state index is 8.83. The third-order valence-electron chi connectivity index (χ3n) is 2.19. The van der Waals surface area contributed by atoms with E-state index in [2.05, 4.69) is 6.92 Å². The first kappa shape index (κ1) is 9.96. The molecule has 1 heteroatoms. The van der Waals surface area contributed by atoms with Gasteiger partial charge in [-0.1, -0.05) is 33.6 Å². The quantitative estimate of drug-likeness (QED) is 0.599. The second-order valence-corrected chi connectivity index (χ2v) is 3.18. The molecule has 62 valence electrons. The minimum atomic E-state index is 0.292. The van der Waals surface area contributed by atoms with Crippen LogP contribution in [-0.2, 0) is 0 Å². The summed E-state index contributed by atoms with van der Waals surface area (Å²) in [7, 11) is 0. The Labute approximate surface area is 64.5 Å². The third-order valence-corrected chi connectivity index (χ3v) is 2.19. The molecule has 0 bridgehead atoms. The molecule has 1 aliphatic rings. The number of aliphatic hydroxyl groups excluding tert-OH is 1. The first-order chi connectivity index (χ1) is 4.77. The molecule has 0 heterocycles. The molecule has 1 rings (SSSR count). The van der Waals surface area contributed by atoms with E-state index in [1.165, 1.54) is 25.7 Å². The Hall–Kier alpha value is -0.0400. The van der Waals surface area contributed by atoms with Crippen LogP contribution in [0.5, 0.6) is 0 Å². The van der Waals surface area contributed by atoms with E-state index in [1.54, 1.807) is 0 Å². The molecule has 0 aromatic rings. The Morgan fingerprint density at radius 2 is 1.60 bits per heavy atom. The molecule has 1 saturated carbocycles. The van der Waals surface area contributed by atoms with E-state index in [9.17, 15) is 0 Å². The van der Waals surface area contributed by atoms with Crippen molar-refractivity contribution < 1.29 is 5.11 Å². The normalized spacial score (nSPS) is 21.6. The van der Waals surface area contributed by atoms with Gasteiger partial charge < -0.3 is 5.11 Å². The zero-order valence-electron chi connectivity index (χ0n) is 7.48. The standard InChI is InChI=1S/C7H14O.C2H6/c1-7(6-8)4-2-3-5-7;1-2/h8H,2-6H2,1H3;1-2H3. The van der Waals surface area contributed by atoms with Crippen LogP contribution in [0.3, 0.4) is 0 Å². The van der Waals surface area contributed by atoms with Crippen molar-refractivity contribution in [2.75, 3.05) is 6.61 Å². The molecule has 0 aliphatic heterocycles. The van der Waals surface area contributed by atoms with Gasteiger partial charge in [0.05, 0.1) is 0 Å². The second-order valence-electron chi connectivity index (χ2n) is 3.18. The Bertz CT molecular complexity index is 72.8. The SMILES string of the molecule is CC.CC1(CO)CCCC1. The van der Waals surface area contributed by atoms with Gasteiger partial charge in [-0.3, -0.25) is 0 Å². The molecule has 1 aliphatic carbocycles. The fourth-order valence-corrected chi connectivity index (χ4v) is 1.39. The highest BCUT2D eigenvalue weighted by atomic mass is 16.3. The largest absolute Gasteiger partial charge is 0.396 e. The summed E-state index contributed by atoms with van der Waals surface area (Å²) < 4.78 is 0. The average Bonchev–Trinajstić information content (AvgIpc) is 2.42. The maximum Gasteiger partial charge on any atom is 0.0484 e. The van der Waals surface area contributed by atoms with Crippen LogP contribution in [0.1, 0.15) is 46.5 Å². The summed E-state index contributed by atoms with van der Waals surface area (Å²) in [5.74, 6) is 0. The topological polar surface area (TPSA) is 20.2 Å². The molecule has 0 atom stereocenters. The highest BCUT2D eigenvalue weighted by molar-refractivity contribution is 4.78. The fraction of sp³-hybridized carbons (Fsp3) is 1.00. The van der Waals surface area contributed by atoms with Crippen molar-refractivity contribution in [1.82, 2.24) is 0 Å². The number of rotatable bonds is 1. The zero-order valence-corrected chi connectivity index (χ0v) is 7.48. The number of hydrogen-bond donors (Lipinski definition) is 1. The molecule has 0 aromatic heterocycles. The predicted molar refractivity (Wildman–Crippen MR) is 45.0 cm³/mol. The molecule has 0 radical (unpaired) electrons. The monoisotopic (exact) mass is 144 g/mol. The summed E-state index contributed by atoms with van der Waals surface area (Å²) in [6.45, 7) is 6.55. The summed E-state index contributed by atoms with van der Waals surface area (Å²) in [5.41, 5.74) is 0.292. The van der Waals surface area contributed by atoms with Gasteiger partial charge in [-0.05, 0) is 18.3 Å². The van der Waals surface area contributed by atoms with Crippen LogP contribution in [-0.4, -0.2) is 11.7 Å². The van der Waals surface area contributed by atoms with Gasteiger partial charge >= 0.3 is 0 Å². The molecule has 0 unspecified atom stereocenters. The van der Waals surface area contributed by atoms with Crippen molar-refractivity contribution in [3.05, 3.63) is 0 Å². The van der Waals surface area contributed by atoms with E-state index in [1.807, 2.05) is 13.8 Å². The van der Waals surface area contributed by atoms with Gasteiger partial charge in [-0.15, -0.1) is 0 Å². The molecule has 10 heavy (non-hydrogen) atoms. The van der Waals surface area contributed by atoms with E-state index in [0.717, 1.165) is 0 Å². The van der Waals surface area contributed by atoms with E-state index in [4.69, 9.17) is 5.11 Å². The van der Waals surface area contributed by atoms with Crippen LogP contribution in [0.4, 0.5) is 0 Å². The Kier molecular flexibility index (Phi) is 4.71. The molecule has 0 saturated heterocycles. The lowest BCUT2D eigenvalue weighted by Gasteiger charge is -2.18. The van der Waals surface area contributed by atoms with Gasteiger partial charge in [0, 0.05) is 6.61 Å². The van der Waals surface area contributed by atoms with E-state index < -0.39 is 0 Å². The van der Waals surface area contributed by atoms with Crippen LogP contribution in [0.15, 0.2) is 0 Å². The van der Waals surface area contributed by atoms with E-state index in [0.29, 0.717) is 12.0 Å². The Balaban J connectivity index is 0.000000371. The first-order valence-electron chi connectivity index (χ1n) is 4.38. The van der Waals surface area contributed by atoms with Gasteiger partial charge in [0.1, 0.15) is 0 Å². The minimum absolute atomic E-state index is 0.292. The summed E-state index contributed by atoms with van der Waals surface area (Å²) in [6, 6.07) is 0. The lowest BCUT2D eigenvalue weighted by Crippen LogP contribution is -2.15. The maximum atomic E-state index is 8.83. The second kappa shape index (κ2) is 4.73. The smallest absolute Gasteiger partial charge is 0.0484 e. The van der Waals surface area contributed by atoms with Crippen molar-refractivity contribution in [3.63, 3.8) is 0 Å². The van der Waals surface area contributed by atoms with Crippen molar-refractivity contribution in [3.8, 4) is 0 Å². The van der Waals surface area contributed by atoms with Crippen LogP contribution in [0.25, 0.3) is 0 Å². The van der Waals surface area contributed by atoms with Gasteiger partial charge in [0.15, 0.2) is 0 Å². The molecule has 0 spiro atoms. The first-order valence-corrected chi connectivity index (χ1v) is 4.38. The molecule has 0 amide bonds. The minimum Gasteiger partial charge on any atom is -0.396 e. The number of aliphatic hydroxyl groups is 1. The zero-order chi connectivity index (χ0) is 8.04. The lowest BCUT2D eigenvalue weighted by atomic mass is 9.90. The van der Waals surface area contributed by atoms with Crippen molar-refractivity contribution >= 4 is 0 Å². The van der Waals surface area contributed by atoms with Crippen LogP contribution in [0, 0.1) is 5.41 Å². The van der Waals surface area contributed by atoms with E-state index >= 15 is 0 Å². The summed E-state index contributed by atoms with van der Waals surface area (Å²) in [5, 5.41) is 8.83. The van der Waals surface area contributed by atoms with Gasteiger partial charge in [-0.25, -0.2) is 0 Å². The summed E-state index contributed by atoms with van der Waals surface area (Å²) >= 11 is 0. The lowest BCUT2D eigenvalue weighted by molar-refractivity contribution is 0.149. The van der Waals surface area contributed by atoms with Gasteiger partial charge in [0.25, 0.3) is 0 Å². The third kappa shape index (κ3) is 2.70. The molecular formula is C9H20O. The Morgan fingerprint density at radius 1 is 1.20 bits per heavy atom. The van der Waals surface area contributed by atoms with Crippen LogP contribution in [0.2, 0.25) is 0 Å². The molecule has 1 N–H and O–H groups in total. The van der Waals surface area contributed by atoms with Crippen molar-refractivity contribution in [2.24, 2.45) is 5.41 Å². The van der Waals surface area contributed by atoms with Crippen LogP contribution >= 0.6 is 0 Å². The highest BCUT2D eigenvalue weighted by Gasteiger charge is 2.26. The fourth-order valence-electron chi connectivity index (χ4n) is 1.39. The average molecular weight is 144 g/mol. The summed E-state index contributed by atoms with van der Waals surface area (Å²) in [4.78, 5) is 0. The van der Waals surface area contributed by atoms with Gasteiger partial charge in [-0.2, -0.15) is 0 Å². The molecule has 1 fully saturated rings. The molecule has 1 nitrogen and oxygen atoms in total.